The lowest BCUT2D eigenvalue weighted by Gasteiger charge is -2.07. The second-order valence-corrected chi connectivity index (χ2v) is 3.52. The number of carbonyl (C=O) groups is 1. The summed E-state index contributed by atoms with van der Waals surface area (Å²) in [6.07, 6.45) is 3.00. The third kappa shape index (κ3) is 3.70. The second kappa shape index (κ2) is 6.66. The quantitative estimate of drug-likeness (QED) is 0.789. The molecule has 3 heteroatoms. The first-order valence-corrected chi connectivity index (χ1v) is 4.98. The van der Waals surface area contributed by atoms with Crippen LogP contribution in [0.4, 0.5) is 0 Å². The monoisotopic (exact) mass is 222 g/mol. The topological polar surface area (TPSA) is 37.3 Å². The van der Waals surface area contributed by atoms with Crippen molar-refractivity contribution in [2.24, 2.45) is 0 Å². The van der Waals surface area contributed by atoms with Crippen LogP contribution >= 0.6 is 0 Å². The summed E-state index contributed by atoms with van der Waals surface area (Å²) in [7, 11) is 0. The van der Waals surface area contributed by atoms with E-state index in [-0.39, 0.29) is 17.4 Å². The lowest BCUT2D eigenvalue weighted by Crippen LogP contribution is -2.05. The van der Waals surface area contributed by atoms with Gasteiger partial charge in [0.2, 0.25) is 0 Å². The maximum Gasteiger partial charge on any atom is 0.336 e. The normalized spacial score (nSPS) is 9.47. The van der Waals surface area contributed by atoms with Crippen LogP contribution in [0.3, 0.4) is 0 Å². The Morgan fingerprint density at radius 1 is 1.40 bits per heavy atom. The highest BCUT2D eigenvalue weighted by atomic mass is 27.0. The van der Waals surface area contributed by atoms with Crippen LogP contribution in [0.5, 0.6) is 0 Å². The molecule has 0 aromatic heterocycles. The third-order valence-electron chi connectivity index (χ3n) is 2.37. The molecule has 0 saturated heterocycles. The number of carboxylic acids is 1. The molecule has 0 atom stereocenters. The Morgan fingerprint density at radius 2 is 2.07 bits per heavy atom. The highest BCUT2D eigenvalue weighted by molar-refractivity contribution is 5.91. The van der Waals surface area contributed by atoms with Gasteiger partial charge >= 0.3 is 5.97 Å². The minimum absolute atomic E-state index is 0. The van der Waals surface area contributed by atoms with Gasteiger partial charge in [-0.25, -0.2) is 4.79 Å². The zero-order valence-electron chi connectivity index (χ0n) is 8.71. The van der Waals surface area contributed by atoms with Crippen molar-refractivity contribution < 1.29 is 9.90 Å². The van der Waals surface area contributed by atoms with E-state index in [2.05, 4.69) is 6.92 Å². The van der Waals surface area contributed by atoms with E-state index in [1.165, 1.54) is 0 Å². The Hall–Kier alpha value is -0.778. The van der Waals surface area contributed by atoms with Gasteiger partial charge < -0.3 is 5.11 Å². The minimum atomic E-state index is -0.811. The Balaban J connectivity index is 0.00000196. The van der Waals surface area contributed by atoms with E-state index >= 15 is 0 Å². The van der Waals surface area contributed by atoms with Gasteiger partial charge in [0, 0.05) is 0 Å². The van der Waals surface area contributed by atoms with Crippen LogP contribution in [0, 0.1) is 6.92 Å². The van der Waals surface area contributed by atoms with Gasteiger partial charge in [-0.2, -0.15) is 0 Å². The molecule has 2 nitrogen and oxygen atoms in total. The number of rotatable bonds is 4. The third-order valence-corrected chi connectivity index (χ3v) is 2.37. The molecule has 0 aliphatic carbocycles. The summed E-state index contributed by atoms with van der Waals surface area (Å²) in [5.74, 6) is -0.811. The van der Waals surface area contributed by atoms with Crippen molar-refractivity contribution in [3.63, 3.8) is 0 Å². The first kappa shape index (κ1) is 14.2. The molecule has 82 valence electrons. The molecule has 0 spiro atoms. The summed E-state index contributed by atoms with van der Waals surface area (Å²) in [6, 6.07) is 5.68. The van der Waals surface area contributed by atoms with Crippen LogP contribution in [0.2, 0.25) is 0 Å². The highest BCUT2D eigenvalue weighted by Crippen LogP contribution is 2.16. The predicted molar refractivity (Wildman–Crippen MR) is 66.7 cm³/mol. The van der Waals surface area contributed by atoms with Crippen LogP contribution < -0.4 is 0 Å². The largest absolute Gasteiger partial charge is 0.478 e. The van der Waals surface area contributed by atoms with Gasteiger partial charge in [0.1, 0.15) is 0 Å². The average molecular weight is 222 g/mol. The number of unbranched alkanes of at least 4 members (excludes halogenated alkanes) is 1. The molecule has 1 aromatic carbocycles. The van der Waals surface area contributed by atoms with Crippen LogP contribution in [-0.4, -0.2) is 28.4 Å². The molecule has 0 fully saturated rings. The van der Waals surface area contributed by atoms with Gasteiger partial charge in [-0.05, 0) is 30.9 Å². The summed E-state index contributed by atoms with van der Waals surface area (Å²) in [5, 5.41) is 9.05. The van der Waals surface area contributed by atoms with Crippen molar-refractivity contribution in [1.29, 1.82) is 0 Å². The number of carboxylic acid groups (broad SMARTS) is 1. The summed E-state index contributed by atoms with van der Waals surface area (Å²) < 4.78 is 0. The predicted octanol–water partition coefficient (Wildman–Crippen LogP) is 1.85. The summed E-state index contributed by atoms with van der Waals surface area (Å²) in [4.78, 5) is 11.0. The number of hydrogen-bond donors (Lipinski definition) is 1. The molecule has 0 amide bonds. The summed E-state index contributed by atoms with van der Waals surface area (Å²) in [6.45, 7) is 3.95. The number of aryl methyl sites for hydroxylation is 2. The van der Waals surface area contributed by atoms with Crippen molar-refractivity contribution >= 4 is 23.3 Å². The summed E-state index contributed by atoms with van der Waals surface area (Å²) in [5.41, 5.74) is 2.30. The molecule has 15 heavy (non-hydrogen) atoms. The number of aromatic carboxylic acids is 1. The number of hydrogen-bond acceptors (Lipinski definition) is 1. The molecule has 0 unspecified atom stereocenters. The molecule has 1 rings (SSSR count). The molecule has 0 saturated carbocycles. The highest BCUT2D eigenvalue weighted by Gasteiger charge is 2.11. The van der Waals surface area contributed by atoms with E-state index in [0.717, 1.165) is 30.4 Å². The molecule has 0 aliphatic heterocycles. The Morgan fingerprint density at radius 3 is 2.60 bits per heavy atom. The van der Waals surface area contributed by atoms with Crippen molar-refractivity contribution in [2.45, 2.75) is 33.1 Å². The maximum absolute atomic E-state index is 11.0. The van der Waals surface area contributed by atoms with E-state index in [1.54, 1.807) is 0 Å². The van der Waals surface area contributed by atoms with Crippen molar-refractivity contribution in [2.75, 3.05) is 0 Å². The molecule has 0 bridgehead atoms. The van der Waals surface area contributed by atoms with Gasteiger partial charge in [-0.15, -0.1) is 0 Å². The molecule has 0 heterocycles. The van der Waals surface area contributed by atoms with Crippen LogP contribution in [0.15, 0.2) is 18.2 Å². The molecular formula is C12H19AlO2. The van der Waals surface area contributed by atoms with Gasteiger partial charge in [0.25, 0.3) is 0 Å². The van der Waals surface area contributed by atoms with E-state index < -0.39 is 5.97 Å². The smallest absolute Gasteiger partial charge is 0.336 e. The fourth-order valence-electron chi connectivity index (χ4n) is 1.61. The average Bonchev–Trinajstić information content (AvgIpc) is 2.14. The maximum atomic E-state index is 11.0. The first-order chi connectivity index (χ1) is 6.66. The molecule has 1 N–H and O–H groups in total. The van der Waals surface area contributed by atoms with Crippen molar-refractivity contribution in [3.05, 3.63) is 34.9 Å². The van der Waals surface area contributed by atoms with E-state index in [0.29, 0.717) is 5.56 Å². The lowest BCUT2D eigenvalue weighted by molar-refractivity contribution is 0.0695. The van der Waals surface area contributed by atoms with Crippen LogP contribution in [0.25, 0.3) is 0 Å². The fourth-order valence-corrected chi connectivity index (χ4v) is 1.61. The second-order valence-electron chi connectivity index (χ2n) is 3.52. The zero-order valence-corrected chi connectivity index (χ0v) is 8.71. The lowest BCUT2D eigenvalue weighted by atomic mass is 9.98. The van der Waals surface area contributed by atoms with Crippen LogP contribution in [-0.2, 0) is 6.42 Å². The van der Waals surface area contributed by atoms with E-state index in [1.807, 2.05) is 25.1 Å². The molecule has 0 radical (unpaired) electrons. The molecular weight excluding hydrogens is 203 g/mol. The van der Waals surface area contributed by atoms with Crippen molar-refractivity contribution in [1.82, 2.24) is 0 Å². The van der Waals surface area contributed by atoms with Gasteiger partial charge in [-0.1, -0.05) is 31.5 Å². The van der Waals surface area contributed by atoms with Crippen molar-refractivity contribution in [3.8, 4) is 0 Å². The minimum Gasteiger partial charge on any atom is -0.478 e. The zero-order chi connectivity index (χ0) is 10.6. The number of benzene rings is 1. The van der Waals surface area contributed by atoms with Gasteiger partial charge in [0.15, 0.2) is 17.4 Å². The standard InChI is InChI=1S/C12H16O2.Al.3H/c1-3-4-7-10-8-5-6-9(2)11(10)12(13)14;;;;/h5-6,8H,3-4,7H2,1-2H3,(H,13,14);;;;. The van der Waals surface area contributed by atoms with E-state index in [9.17, 15) is 4.79 Å². The Labute approximate surface area is 101 Å². The molecule has 1 aromatic rings. The van der Waals surface area contributed by atoms with Gasteiger partial charge in [0.05, 0.1) is 5.56 Å². The fraction of sp³-hybridized carbons (Fsp3) is 0.417. The Bertz CT molecular complexity index is 334. The van der Waals surface area contributed by atoms with Gasteiger partial charge in [-0.3, -0.25) is 0 Å². The van der Waals surface area contributed by atoms with E-state index in [4.69, 9.17) is 5.11 Å². The molecule has 0 aliphatic rings. The Kier molecular flexibility index (Phi) is 6.31. The SMILES string of the molecule is CCCCc1cccc(C)c1C(=O)O.[AlH3]. The van der Waals surface area contributed by atoms with Crippen LogP contribution in [0.1, 0.15) is 41.3 Å². The summed E-state index contributed by atoms with van der Waals surface area (Å²) >= 11 is 0. The first-order valence-electron chi connectivity index (χ1n) is 4.98.